The van der Waals surface area contributed by atoms with Crippen LogP contribution in [0, 0.1) is 0 Å². The van der Waals surface area contributed by atoms with Gasteiger partial charge >= 0.3 is 5.97 Å². The lowest BCUT2D eigenvalue weighted by Gasteiger charge is -2.42. The van der Waals surface area contributed by atoms with Crippen LogP contribution in [0.2, 0.25) is 0 Å². The number of hydrogen-bond acceptors (Lipinski definition) is 15. The second-order valence-electron chi connectivity index (χ2n) is 13.5. The zero-order valence-corrected chi connectivity index (χ0v) is 27.2. The molecule has 15 heteroatoms. The van der Waals surface area contributed by atoms with Crippen LogP contribution in [0.15, 0.2) is 24.3 Å². The van der Waals surface area contributed by atoms with E-state index in [2.05, 4.69) is 4.74 Å². The fourth-order valence-corrected chi connectivity index (χ4v) is 7.17. The summed E-state index contributed by atoms with van der Waals surface area (Å²) in [6.07, 6.45) is -10.8. The molecule has 2 aromatic carbocycles. The number of rotatable bonds is 8. The molecule has 0 spiro atoms. The number of Topliss-reactive ketones (excluding diaryl/α,β-unsaturated/α-hetero) is 1. The Hall–Kier alpha value is -3.54. The molecule has 0 amide bonds. The molecule has 6 unspecified atom stereocenters. The molecule has 0 aliphatic carbocycles. The summed E-state index contributed by atoms with van der Waals surface area (Å²) in [5.74, 6) is -1.30. The van der Waals surface area contributed by atoms with Crippen LogP contribution >= 0.6 is 0 Å². The molecular weight excluding hydrogens is 648 g/mol. The average molecular weight is 691 g/mol. The SMILES string of the molecule is COC(=O)COCC1OC(c2cc(C3CC(=O)c4c(O)cc(O)cc4O3)cc3c2OC(C)(C[C@@H]2O[C@@H](C)[C@@H](O)[C@@H](O)[C@@H]2O)C3)CC(O)C1O. The standard InChI is InChI=1S/C34H42O15/c1-14-29(40)32(43)31(42)25(46-14)11-34(2)10-16-4-15(22-8-20(37)28-19(36)6-17(35)7-24(28)47-22)5-18(33(16)49-34)23-9-21(38)30(41)26(48-23)12-45-13-27(39)44-3/h4-7,14,21-23,25-26,29-32,35-36,38,40-43H,8-13H2,1-3H3/t14-,21?,22?,23?,25-,26?,29+,30?,31+,32+,34?/m0/s1. The van der Waals surface area contributed by atoms with E-state index in [4.69, 9.17) is 23.7 Å². The number of phenols is 2. The van der Waals surface area contributed by atoms with Gasteiger partial charge in [-0.2, -0.15) is 0 Å². The van der Waals surface area contributed by atoms with E-state index in [1.807, 2.05) is 0 Å². The maximum atomic E-state index is 13.2. The monoisotopic (exact) mass is 690 g/mol. The van der Waals surface area contributed by atoms with Gasteiger partial charge < -0.3 is 64.2 Å². The Balaban J connectivity index is 1.34. The number of phenolic OH excluding ortho intramolecular Hbond substituents is 2. The second-order valence-corrected chi connectivity index (χ2v) is 13.5. The van der Waals surface area contributed by atoms with Crippen LogP contribution in [-0.4, -0.2) is 122 Å². The van der Waals surface area contributed by atoms with E-state index in [1.54, 1.807) is 26.0 Å². The lowest BCUT2D eigenvalue weighted by molar-refractivity contribution is -0.225. The normalized spacial score (nSPS) is 35.6. The number of aliphatic hydroxyl groups excluding tert-OH is 5. The predicted octanol–water partition coefficient (Wildman–Crippen LogP) is 0.499. The van der Waals surface area contributed by atoms with Gasteiger partial charge in [0.1, 0.15) is 77.4 Å². The molecule has 49 heavy (non-hydrogen) atoms. The summed E-state index contributed by atoms with van der Waals surface area (Å²) < 4.78 is 34.8. The molecule has 4 aliphatic rings. The van der Waals surface area contributed by atoms with Gasteiger partial charge in [-0.1, -0.05) is 0 Å². The maximum absolute atomic E-state index is 13.2. The van der Waals surface area contributed by atoms with Crippen molar-refractivity contribution < 1.29 is 73.8 Å². The third-order valence-corrected chi connectivity index (χ3v) is 9.72. The Labute approximate surface area is 281 Å². The van der Waals surface area contributed by atoms with Gasteiger partial charge in [0.25, 0.3) is 0 Å². The molecule has 6 rings (SSSR count). The fourth-order valence-electron chi connectivity index (χ4n) is 7.17. The highest BCUT2D eigenvalue weighted by Crippen LogP contribution is 2.49. The minimum Gasteiger partial charge on any atom is -0.508 e. The molecule has 2 saturated heterocycles. The highest BCUT2D eigenvalue weighted by Gasteiger charge is 2.48. The molecule has 0 aromatic heterocycles. The molecule has 268 valence electrons. The van der Waals surface area contributed by atoms with Gasteiger partial charge in [0.05, 0.1) is 44.6 Å². The zero-order valence-electron chi connectivity index (χ0n) is 27.2. The van der Waals surface area contributed by atoms with Crippen molar-refractivity contribution in [3.05, 3.63) is 46.5 Å². The van der Waals surface area contributed by atoms with Crippen molar-refractivity contribution in [2.24, 2.45) is 0 Å². The molecule has 4 aliphatic heterocycles. The maximum Gasteiger partial charge on any atom is 0.331 e. The number of ketones is 1. The summed E-state index contributed by atoms with van der Waals surface area (Å²) in [6, 6.07) is 5.83. The van der Waals surface area contributed by atoms with Gasteiger partial charge in [-0.25, -0.2) is 4.79 Å². The lowest BCUT2D eigenvalue weighted by Crippen LogP contribution is -2.58. The molecule has 2 fully saturated rings. The molecule has 0 radical (unpaired) electrons. The van der Waals surface area contributed by atoms with Crippen LogP contribution in [0.4, 0.5) is 0 Å². The van der Waals surface area contributed by atoms with E-state index in [-0.39, 0.29) is 49.4 Å². The van der Waals surface area contributed by atoms with Crippen LogP contribution < -0.4 is 9.47 Å². The Morgan fingerprint density at radius 3 is 2.45 bits per heavy atom. The van der Waals surface area contributed by atoms with E-state index in [1.165, 1.54) is 13.2 Å². The van der Waals surface area contributed by atoms with E-state index < -0.39 is 90.7 Å². The first-order valence-corrected chi connectivity index (χ1v) is 16.2. The van der Waals surface area contributed by atoms with Gasteiger partial charge in [-0.3, -0.25) is 4.79 Å². The number of benzene rings is 2. The number of hydrogen-bond donors (Lipinski definition) is 7. The molecular formula is C34H42O15. The quantitative estimate of drug-likeness (QED) is 0.187. The largest absolute Gasteiger partial charge is 0.508 e. The molecule has 11 atom stereocenters. The van der Waals surface area contributed by atoms with E-state index in [9.17, 15) is 45.3 Å². The minimum absolute atomic E-state index is 0.00969. The topological polar surface area (TPSA) is 231 Å². The molecule has 0 saturated carbocycles. The number of esters is 1. The Morgan fingerprint density at radius 1 is 0.959 bits per heavy atom. The van der Waals surface area contributed by atoms with Crippen LogP contribution in [-0.2, 0) is 30.2 Å². The summed E-state index contributed by atoms with van der Waals surface area (Å²) in [7, 11) is 1.21. The van der Waals surface area contributed by atoms with Crippen molar-refractivity contribution in [2.45, 2.75) is 106 Å². The lowest BCUT2D eigenvalue weighted by atomic mass is 9.85. The Morgan fingerprint density at radius 2 is 1.71 bits per heavy atom. The summed E-state index contributed by atoms with van der Waals surface area (Å²) >= 11 is 0. The highest BCUT2D eigenvalue weighted by molar-refractivity contribution is 6.02. The third kappa shape index (κ3) is 6.94. The Kier molecular flexibility index (Phi) is 9.82. The number of carbonyl (C=O) groups is 2. The van der Waals surface area contributed by atoms with Gasteiger partial charge in [-0.05, 0) is 37.1 Å². The molecule has 7 N–H and O–H groups in total. The van der Waals surface area contributed by atoms with E-state index >= 15 is 0 Å². The van der Waals surface area contributed by atoms with Crippen molar-refractivity contribution in [1.29, 1.82) is 0 Å². The fraction of sp³-hybridized carbons (Fsp3) is 0.588. The van der Waals surface area contributed by atoms with Crippen LogP contribution in [0.1, 0.15) is 72.4 Å². The number of fused-ring (bicyclic) bond motifs is 2. The van der Waals surface area contributed by atoms with Crippen LogP contribution in [0.25, 0.3) is 0 Å². The van der Waals surface area contributed by atoms with Crippen molar-refractivity contribution in [2.75, 3.05) is 20.3 Å². The number of aliphatic hydroxyl groups is 5. The molecule has 2 aromatic rings. The van der Waals surface area contributed by atoms with E-state index in [0.717, 1.165) is 6.07 Å². The van der Waals surface area contributed by atoms with Crippen molar-refractivity contribution >= 4 is 11.8 Å². The average Bonchev–Trinajstić information content (AvgIpc) is 3.38. The summed E-state index contributed by atoms with van der Waals surface area (Å²) in [5, 5.41) is 73.4. The predicted molar refractivity (Wildman–Crippen MR) is 165 cm³/mol. The first kappa shape index (κ1) is 35.3. The van der Waals surface area contributed by atoms with Crippen molar-refractivity contribution in [3.8, 4) is 23.0 Å². The Bertz CT molecular complexity index is 1580. The van der Waals surface area contributed by atoms with Gasteiger partial charge in [-0.15, -0.1) is 0 Å². The first-order valence-electron chi connectivity index (χ1n) is 16.2. The molecule has 15 nitrogen and oxygen atoms in total. The molecule has 4 heterocycles. The number of aromatic hydroxyl groups is 2. The van der Waals surface area contributed by atoms with Gasteiger partial charge in [0.15, 0.2) is 5.78 Å². The van der Waals surface area contributed by atoms with Crippen LogP contribution in [0.5, 0.6) is 23.0 Å². The van der Waals surface area contributed by atoms with Crippen LogP contribution in [0.3, 0.4) is 0 Å². The van der Waals surface area contributed by atoms with Gasteiger partial charge in [0.2, 0.25) is 0 Å². The summed E-state index contributed by atoms with van der Waals surface area (Å²) in [6.45, 7) is 2.77. The molecule has 0 bridgehead atoms. The van der Waals surface area contributed by atoms with Crippen molar-refractivity contribution in [3.63, 3.8) is 0 Å². The second kappa shape index (κ2) is 13.6. The minimum atomic E-state index is -1.42. The number of methoxy groups -OCH3 is 1. The highest BCUT2D eigenvalue weighted by atomic mass is 16.6. The number of carbonyl (C=O) groups excluding carboxylic acids is 2. The third-order valence-electron chi connectivity index (χ3n) is 9.72. The van der Waals surface area contributed by atoms with Crippen molar-refractivity contribution in [1.82, 2.24) is 0 Å². The smallest absolute Gasteiger partial charge is 0.331 e. The van der Waals surface area contributed by atoms with E-state index in [0.29, 0.717) is 22.4 Å². The van der Waals surface area contributed by atoms with Gasteiger partial charge in [0, 0.05) is 37.0 Å². The summed E-state index contributed by atoms with van der Waals surface area (Å²) in [5.41, 5.74) is 0.646. The first-order chi connectivity index (χ1) is 23.2. The summed E-state index contributed by atoms with van der Waals surface area (Å²) in [4.78, 5) is 24.8. The number of ether oxygens (including phenoxy) is 6. The zero-order chi connectivity index (χ0) is 35.4.